The van der Waals surface area contributed by atoms with Gasteiger partial charge >= 0.3 is 0 Å². The Morgan fingerprint density at radius 1 is 1.71 bits per heavy atom. The molecule has 0 aliphatic heterocycles. The molecule has 0 heterocycles. The fraction of sp³-hybridized carbons (Fsp3) is 0.333. The third-order valence-corrected chi connectivity index (χ3v) is 2.06. The van der Waals surface area contributed by atoms with Crippen LogP contribution in [-0.4, -0.2) is 8.89 Å². The van der Waals surface area contributed by atoms with Gasteiger partial charge in [-0.2, -0.15) is 0 Å². The summed E-state index contributed by atoms with van der Waals surface area (Å²) in [7, 11) is 0. The van der Waals surface area contributed by atoms with Crippen molar-refractivity contribution in [2.75, 3.05) is 0 Å². The van der Waals surface area contributed by atoms with Crippen molar-refractivity contribution in [2.45, 2.75) is 4.95 Å². The van der Waals surface area contributed by atoms with Gasteiger partial charge in [0.2, 0.25) is 0 Å². The van der Waals surface area contributed by atoms with Crippen molar-refractivity contribution >= 4 is 39.5 Å². The molecule has 0 amide bonds. The summed E-state index contributed by atoms with van der Waals surface area (Å²) >= 11 is 13.5. The van der Waals surface area contributed by atoms with Crippen molar-refractivity contribution in [1.82, 2.24) is 3.94 Å². The summed E-state index contributed by atoms with van der Waals surface area (Å²) in [6.07, 6.45) is 1.57. The molecule has 0 fully saturated rings. The summed E-state index contributed by atoms with van der Waals surface area (Å²) in [5, 5.41) is 0. The van der Waals surface area contributed by atoms with Crippen LogP contribution < -0.4 is 0 Å². The van der Waals surface area contributed by atoms with E-state index in [-0.39, 0.29) is 4.95 Å². The number of halogens is 3. The third kappa shape index (κ3) is 3.35. The summed E-state index contributed by atoms with van der Waals surface area (Å²) in [6.45, 7) is 3.42. The van der Waals surface area contributed by atoms with Crippen LogP contribution in [-0.2, 0) is 0 Å². The maximum atomic E-state index is 5.21. The zero-order valence-electron chi connectivity index (χ0n) is 3.44. The molecule has 1 unspecified atom stereocenters. The van der Waals surface area contributed by atoms with Crippen LogP contribution in [0, 0.1) is 0 Å². The molecule has 0 aromatic carbocycles. The molecule has 0 aromatic rings. The molecule has 0 saturated carbocycles. The Balaban J connectivity index is 3.33. The Morgan fingerprint density at radius 2 is 2.14 bits per heavy atom. The molecule has 0 bridgehead atoms. The summed E-state index contributed by atoms with van der Waals surface area (Å²) in [5.41, 5.74) is 0. The van der Waals surface area contributed by atoms with Crippen molar-refractivity contribution in [2.24, 2.45) is 0 Å². The minimum Gasteiger partial charge on any atom is -0.114 e. The summed E-state index contributed by atoms with van der Waals surface area (Å²) in [4.78, 5) is -0.157. The predicted octanol–water partition coefficient (Wildman–Crippen LogP) is 2.50. The van der Waals surface area contributed by atoms with E-state index in [9.17, 15) is 0 Å². The first-order valence-corrected chi connectivity index (χ1v) is 3.15. The molecule has 7 heavy (non-hydrogen) atoms. The average molecular weight is 205 g/mol. The molecule has 1 atom stereocenters. The van der Waals surface area contributed by atoms with E-state index in [1.54, 1.807) is 6.08 Å². The first-order chi connectivity index (χ1) is 3.18. The lowest BCUT2D eigenvalue weighted by Gasteiger charge is -2.04. The van der Waals surface area contributed by atoms with Gasteiger partial charge < -0.3 is 0 Å². The van der Waals surface area contributed by atoms with Crippen LogP contribution in [0.1, 0.15) is 0 Å². The van der Waals surface area contributed by atoms with E-state index in [1.165, 1.54) is 0 Å². The highest BCUT2D eigenvalue weighted by molar-refractivity contribution is 9.09. The van der Waals surface area contributed by atoms with Gasteiger partial charge in [-0.25, -0.2) is 0 Å². The number of rotatable bonds is 2. The van der Waals surface area contributed by atoms with Gasteiger partial charge in [-0.1, -0.05) is 22.0 Å². The van der Waals surface area contributed by atoms with Crippen LogP contribution in [0.15, 0.2) is 12.7 Å². The molecule has 0 aliphatic carbocycles. The van der Waals surface area contributed by atoms with Crippen LogP contribution in [0.3, 0.4) is 0 Å². The number of hydrogen-bond acceptors (Lipinski definition) is 1. The predicted molar refractivity (Wildman–Crippen MR) is 36.5 cm³/mol. The first kappa shape index (κ1) is 7.76. The van der Waals surface area contributed by atoms with Gasteiger partial charge in [-0.15, -0.1) is 10.5 Å². The lowest BCUT2D eigenvalue weighted by Crippen LogP contribution is -2.05. The second-order valence-corrected chi connectivity index (χ2v) is 2.71. The molecular formula is C3H4BrCl2N. The van der Waals surface area contributed by atoms with Crippen molar-refractivity contribution in [3.05, 3.63) is 12.7 Å². The summed E-state index contributed by atoms with van der Waals surface area (Å²) in [6, 6.07) is 0. The quantitative estimate of drug-likeness (QED) is 0.289. The highest BCUT2D eigenvalue weighted by Crippen LogP contribution is 2.12. The second kappa shape index (κ2) is 3.72. The average Bonchev–Trinajstić information content (AvgIpc) is 1.65. The number of nitrogens with zero attached hydrogens (tertiary/aromatic N) is 1. The first-order valence-electron chi connectivity index (χ1n) is 1.56. The van der Waals surface area contributed by atoms with Gasteiger partial charge in [0.25, 0.3) is 0 Å². The van der Waals surface area contributed by atoms with Crippen LogP contribution >= 0.6 is 39.5 Å². The third-order valence-electron chi connectivity index (χ3n) is 0.381. The SMILES string of the molecule is C=CC(Br)N(Cl)Cl. The molecule has 1 nitrogen and oxygen atoms in total. The lowest BCUT2D eigenvalue weighted by atomic mass is 10.7. The van der Waals surface area contributed by atoms with E-state index in [0.717, 1.165) is 3.94 Å². The van der Waals surface area contributed by atoms with Crippen molar-refractivity contribution in [3.8, 4) is 0 Å². The van der Waals surface area contributed by atoms with Gasteiger partial charge in [0.15, 0.2) is 0 Å². The Labute approximate surface area is 61.2 Å². The fourth-order valence-electron chi connectivity index (χ4n) is 0.0797. The Hall–Kier alpha value is 0.760. The van der Waals surface area contributed by atoms with E-state index in [1.807, 2.05) is 0 Å². The summed E-state index contributed by atoms with van der Waals surface area (Å²) in [5.74, 6) is 0. The van der Waals surface area contributed by atoms with E-state index in [4.69, 9.17) is 23.6 Å². The molecule has 0 rings (SSSR count). The van der Waals surface area contributed by atoms with Crippen molar-refractivity contribution in [3.63, 3.8) is 0 Å². The van der Waals surface area contributed by atoms with E-state index in [2.05, 4.69) is 22.5 Å². The highest BCUT2D eigenvalue weighted by atomic mass is 79.9. The van der Waals surface area contributed by atoms with E-state index < -0.39 is 0 Å². The monoisotopic (exact) mass is 203 g/mol. The Kier molecular flexibility index (Phi) is 4.13. The summed E-state index contributed by atoms with van der Waals surface area (Å²) < 4.78 is 0.965. The molecule has 0 saturated heterocycles. The topological polar surface area (TPSA) is 3.24 Å². The minimum absolute atomic E-state index is 0.157. The molecule has 0 radical (unpaired) electrons. The molecule has 4 heteroatoms. The Bertz CT molecular complexity index is 66.0. The van der Waals surface area contributed by atoms with Crippen molar-refractivity contribution in [1.29, 1.82) is 0 Å². The van der Waals surface area contributed by atoms with Gasteiger partial charge in [-0.3, -0.25) is 0 Å². The number of hydrogen-bond donors (Lipinski definition) is 0. The van der Waals surface area contributed by atoms with Gasteiger partial charge in [-0.05, 0) is 23.6 Å². The van der Waals surface area contributed by atoms with Crippen LogP contribution in [0.5, 0.6) is 0 Å². The standard InChI is InChI=1S/C3H4BrCl2N/c1-2-3(4)7(5)6/h2-3H,1H2. The van der Waals surface area contributed by atoms with Crippen molar-refractivity contribution < 1.29 is 0 Å². The smallest absolute Gasteiger partial charge is 0.114 e. The van der Waals surface area contributed by atoms with E-state index in [0.29, 0.717) is 0 Å². The normalized spacial score (nSPS) is 14.3. The zero-order valence-corrected chi connectivity index (χ0v) is 6.54. The highest BCUT2D eigenvalue weighted by Gasteiger charge is 2.02. The minimum atomic E-state index is -0.157. The maximum Gasteiger partial charge on any atom is 0.114 e. The van der Waals surface area contributed by atoms with Crippen LogP contribution in [0.4, 0.5) is 0 Å². The molecule has 0 aromatic heterocycles. The Morgan fingerprint density at radius 3 is 2.14 bits per heavy atom. The largest absolute Gasteiger partial charge is 0.114 e. The lowest BCUT2D eigenvalue weighted by molar-refractivity contribution is 0.761. The second-order valence-electron chi connectivity index (χ2n) is 0.867. The van der Waals surface area contributed by atoms with Gasteiger partial charge in [0, 0.05) is 0 Å². The van der Waals surface area contributed by atoms with Gasteiger partial charge in [0.1, 0.15) is 4.95 Å². The number of alkyl halides is 1. The molecule has 0 aliphatic rings. The van der Waals surface area contributed by atoms with Crippen LogP contribution in [0.25, 0.3) is 0 Å². The fourth-order valence-corrected chi connectivity index (χ4v) is 0.239. The molecule has 0 N–H and O–H groups in total. The molecule has 42 valence electrons. The van der Waals surface area contributed by atoms with E-state index >= 15 is 0 Å². The zero-order chi connectivity index (χ0) is 5.86. The van der Waals surface area contributed by atoms with Gasteiger partial charge in [0.05, 0.1) is 0 Å². The van der Waals surface area contributed by atoms with Crippen LogP contribution in [0.2, 0.25) is 0 Å². The molecule has 0 spiro atoms. The molecular weight excluding hydrogens is 201 g/mol. The maximum absolute atomic E-state index is 5.21.